The lowest BCUT2D eigenvalue weighted by atomic mass is 10.1. The predicted octanol–water partition coefficient (Wildman–Crippen LogP) is 4.05. The lowest BCUT2D eigenvalue weighted by Gasteiger charge is -2.11. The summed E-state index contributed by atoms with van der Waals surface area (Å²) < 4.78 is 13.9. The summed E-state index contributed by atoms with van der Waals surface area (Å²) in [5.74, 6) is 1.30. The van der Waals surface area contributed by atoms with Crippen LogP contribution in [0.2, 0.25) is 0 Å². The van der Waals surface area contributed by atoms with Crippen LogP contribution >= 0.6 is 15.9 Å². The fourth-order valence-corrected chi connectivity index (χ4v) is 2.99. The van der Waals surface area contributed by atoms with Crippen molar-refractivity contribution in [3.8, 4) is 11.5 Å². The first-order valence-electron chi connectivity index (χ1n) is 8.96. The molecular formula is C21H22BrN3O3. The Morgan fingerprint density at radius 1 is 1.14 bits per heavy atom. The van der Waals surface area contributed by atoms with E-state index in [1.165, 1.54) is 0 Å². The minimum atomic E-state index is -0.0844. The molecule has 0 aliphatic heterocycles. The lowest BCUT2D eigenvalue weighted by Crippen LogP contribution is -2.25. The summed E-state index contributed by atoms with van der Waals surface area (Å²) in [5.41, 5.74) is 1.61. The van der Waals surface area contributed by atoms with E-state index in [2.05, 4.69) is 26.3 Å². The largest absolute Gasteiger partial charge is 0.493 e. The first kappa shape index (κ1) is 19.9. The van der Waals surface area contributed by atoms with Gasteiger partial charge in [-0.2, -0.15) is 5.10 Å². The number of nitrogens with one attached hydrogen (secondary N) is 1. The minimum Gasteiger partial charge on any atom is -0.493 e. The molecule has 146 valence electrons. The molecule has 0 fully saturated rings. The van der Waals surface area contributed by atoms with Gasteiger partial charge in [0, 0.05) is 24.8 Å². The molecule has 0 saturated heterocycles. The second-order valence-electron chi connectivity index (χ2n) is 6.17. The van der Waals surface area contributed by atoms with Crippen LogP contribution in [0.15, 0.2) is 65.4 Å². The van der Waals surface area contributed by atoms with E-state index in [0.29, 0.717) is 30.2 Å². The fraction of sp³-hybridized carbons (Fsp3) is 0.238. The first-order chi connectivity index (χ1) is 13.7. The van der Waals surface area contributed by atoms with Gasteiger partial charge in [0.1, 0.15) is 6.61 Å². The van der Waals surface area contributed by atoms with E-state index in [9.17, 15) is 4.79 Å². The zero-order chi connectivity index (χ0) is 19.8. The van der Waals surface area contributed by atoms with Crippen LogP contribution in [0.4, 0.5) is 0 Å². The van der Waals surface area contributed by atoms with Crippen LogP contribution in [0, 0.1) is 0 Å². The zero-order valence-electron chi connectivity index (χ0n) is 15.6. The SMILES string of the molecule is COc1ccccc1OCc1ccc(C(=O)NCCCn2cc(Br)cn2)cc1. The summed E-state index contributed by atoms with van der Waals surface area (Å²) in [6, 6.07) is 14.9. The van der Waals surface area contributed by atoms with E-state index in [1.807, 2.05) is 47.3 Å². The van der Waals surface area contributed by atoms with Crippen LogP contribution in [0.5, 0.6) is 11.5 Å². The molecule has 2 aromatic carbocycles. The fourth-order valence-electron chi connectivity index (χ4n) is 2.66. The van der Waals surface area contributed by atoms with Crippen molar-refractivity contribution in [2.45, 2.75) is 19.6 Å². The summed E-state index contributed by atoms with van der Waals surface area (Å²) >= 11 is 3.36. The first-order valence-corrected chi connectivity index (χ1v) is 9.76. The van der Waals surface area contributed by atoms with Crippen LogP contribution in [0.3, 0.4) is 0 Å². The third kappa shape index (κ3) is 5.60. The van der Waals surface area contributed by atoms with E-state index >= 15 is 0 Å². The highest BCUT2D eigenvalue weighted by Crippen LogP contribution is 2.26. The Morgan fingerprint density at radius 3 is 2.57 bits per heavy atom. The van der Waals surface area contributed by atoms with Crippen molar-refractivity contribution in [3.63, 3.8) is 0 Å². The molecule has 0 aliphatic carbocycles. The molecule has 0 atom stereocenters. The number of ether oxygens (including phenoxy) is 2. The number of hydrogen-bond acceptors (Lipinski definition) is 4. The van der Waals surface area contributed by atoms with Crippen LogP contribution in [-0.4, -0.2) is 29.3 Å². The number of rotatable bonds is 9. The van der Waals surface area contributed by atoms with Gasteiger partial charge >= 0.3 is 0 Å². The summed E-state index contributed by atoms with van der Waals surface area (Å²) in [5, 5.41) is 7.12. The molecule has 0 saturated carbocycles. The normalized spacial score (nSPS) is 10.5. The summed E-state index contributed by atoms with van der Waals surface area (Å²) in [6.07, 6.45) is 4.47. The topological polar surface area (TPSA) is 65.4 Å². The number of aromatic nitrogens is 2. The van der Waals surface area contributed by atoms with Crippen molar-refractivity contribution in [2.24, 2.45) is 0 Å². The molecule has 1 aromatic heterocycles. The molecule has 6 nitrogen and oxygen atoms in total. The Hall–Kier alpha value is -2.80. The molecule has 28 heavy (non-hydrogen) atoms. The van der Waals surface area contributed by atoms with Crippen molar-refractivity contribution >= 4 is 21.8 Å². The number of benzene rings is 2. The van der Waals surface area contributed by atoms with Crippen molar-refractivity contribution in [1.82, 2.24) is 15.1 Å². The average molecular weight is 444 g/mol. The molecule has 3 aromatic rings. The van der Waals surface area contributed by atoms with Crippen LogP contribution in [0.1, 0.15) is 22.3 Å². The van der Waals surface area contributed by atoms with Crippen LogP contribution in [0.25, 0.3) is 0 Å². The van der Waals surface area contributed by atoms with Crippen molar-refractivity contribution in [1.29, 1.82) is 0 Å². The van der Waals surface area contributed by atoms with Gasteiger partial charge in [-0.15, -0.1) is 0 Å². The molecular weight excluding hydrogens is 422 g/mol. The standard InChI is InChI=1S/C21H22BrN3O3/c1-27-19-5-2-3-6-20(19)28-15-16-7-9-17(10-8-16)21(26)23-11-4-12-25-14-18(22)13-24-25/h2-3,5-10,13-14H,4,11-12,15H2,1H3,(H,23,26). The number of carbonyl (C=O) groups is 1. The maximum Gasteiger partial charge on any atom is 0.251 e. The monoisotopic (exact) mass is 443 g/mol. The summed E-state index contributed by atoms with van der Waals surface area (Å²) in [6.45, 7) is 1.75. The second kappa shape index (κ2) is 9.94. The van der Waals surface area contributed by atoms with Crippen LogP contribution in [-0.2, 0) is 13.2 Å². The summed E-state index contributed by atoms with van der Waals surface area (Å²) in [7, 11) is 1.61. The van der Waals surface area contributed by atoms with Crippen LogP contribution < -0.4 is 14.8 Å². The third-order valence-corrected chi connectivity index (χ3v) is 4.54. The molecule has 1 amide bonds. The molecule has 0 unspecified atom stereocenters. The maximum absolute atomic E-state index is 12.2. The number of hydrogen-bond donors (Lipinski definition) is 1. The summed E-state index contributed by atoms with van der Waals surface area (Å²) in [4.78, 5) is 12.2. The minimum absolute atomic E-state index is 0.0844. The van der Waals surface area contributed by atoms with Gasteiger partial charge in [-0.25, -0.2) is 0 Å². The Kier molecular flexibility index (Phi) is 7.08. The van der Waals surface area contributed by atoms with Gasteiger partial charge in [0.25, 0.3) is 5.91 Å². The van der Waals surface area contributed by atoms with Gasteiger partial charge in [0.15, 0.2) is 11.5 Å². The number of aryl methyl sites for hydroxylation is 1. The van der Waals surface area contributed by atoms with E-state index < -0.39 is 0 Å². The molecule has 0 radical (unpaired) electrons. The Balaban J connectivity index is 1.44. The number of nitrogens with zero attached hydrogens (tertiary/aromatic N) is 2. The third-order valence-electron chi connectivity index (χ3n) is 4.13. The number of para-hydroxylation sites is 2. The smallest absolute Gasteiger partial charge is 0.251 e. The lowest BCUT2D eigenvalue weighted by molar-refractivity contribution is 0.0952. The number of amides is 1. The molecule has 1 heterocycles. The Bertz CT molecular complexity index is 909. The molecule has 0 aliphatic rings. The second-order valence-corrected chi connectivity index (χ2v) is 7.08. The highest BCUT2D eigenvalue weighted by atomic mass is 79.9. The maximum atomic E-state index is 12.2. The Morgan fingerprint density at radius 2 is 1.89 bits per heavy atom. The van der Waals surface area contributed by atoms with Crippen molar-refractivity contribution < 1.29 is 14.3 Å². The zero-order valence-corrected chi connectivity index (χ0v) is 17.2. The van der Waals surface area contributed by atoms with Gasteiger partial charge in [-0.05, 0) is 52.2 Å². The van der Waals surface area contributed by atoms with Crippen molar-refractivity contribution in [2.75, 3.05) is 13.7 Å². The van der Waals surface area contributed by atoms with Crippen molar-refractivity contribution in [3.05, 3.63) is 76.5 Å². The molecule has 3 rings (SSSR count). The molecule has 0 bridgehead atoms. The number of methoxy groups -OCH3 is 1. The Labute approximate surface area is 172 Å². The van der Waals surface area contributed by atoms with Gasteiger partial charge < -0.3 is 14.8 Å². The van der Waals surface area contributed by atoms with Gasteiger partial charge in [-0.3, -0.25) is 9.48 Å². The average Bonchev–Trinajstić information content (AvgIpc) is 3.15. The highest BCUT2D eigenvalue weighted by Gasteiger charge is 2.06. The quantitative estimate of drug-likeness (QED) is 0.506. The highest BCUT2D eigenvalue weighted by molar-refractivity contribution is 9.10. The van der Waals surface area contributed by atoms with E-state index in [1.54, 1.807) is 25.4 Å². The molecule has 7 heteroatoms. The molecule has 1 N–H and O–H groups in total. The molecule has 0 spiro atoms. The number of halogens is 1. The van der Waals surface area contributed by atoms with Gasteiger partial charge in [0.05, 0.1) is 17.8 Å². The van der Waals surface area contributed by atoms with E-state index in [-0.39, 0.29) is 5.91 Å². The van der Waals surface area contributed by atoms with E-state index in [0.717, 1.165) is 23.0 Å². The van der Waals surface area contributed by atoms with Gasteiger partial charge in [-0.1, -0.05) is 24.3 Å². The number of carbonyl (C=O) groups excluding carboxylic acids is 1. The van der Waals surface area contributed by atoms with Gasteiger partial charge in [0.2, 0.25) is 0 Å². The predicted molar refractivity (Wildman–Crippen MR) is 111 cm³/mol. The van der Waals surface area contributed by atoms with E-state index in [4.69, 9.17) is 9.47 Å².